The van der Waals surface area contributed by atoms with Crippen molar-refractivity contribution in [2.75, 3.05) is 5.32 Å². The van der Waals surface area contributed by atoms with Crippen LogP contribution in [0.15, 0.2) is 77.2 Å². The molecule has 1 unspecified atom stereocenters. The first-order valence-corrected chi connectivity index (χ1v) is 9.56. The van der Waals surface area contributed by atoms with E-state index >= 15 is 0 Å². The van der Waals surface area contributed by atoms with Crippen LogP contribution < -0.4 is 10.1 Å². The quantitative estimate of drug-likeness (QED) is 0.438. The zero-order chi connectivity index (χ0) is 20.9. The average Bonchev–Trinajstić information content (AvgIpc) is 3.26. The van der Waals surface area contributed by atoms with Crippen molar-refractivity contribution in [3.8, 4) is 29.0 Å². The summed E-state index contributed by atoms with van der Waals surface area (Å²) in [6.07, 6.45) is 0. The number of rotatable bonds is 6. The number of nitrogens with one attached hydrogen (secondary N) is 1. The highest BCUT2D eigenvalue weighted by atomic mass is 16.5. The molecule has 0 saturated carbocycles. The second-order valence-electron chi connectivity index (χ2n) is 6.91. The summed E-state index contributed by atoms with van der Waals surface area (Å²) in [5, 5.41) is 20.8. The maximum absolute atomic E-state index is 9.17. The first kappa shape index (κ1) is 19.2. The number of aromatic nitrogens is 2. The Labute approximate surface area is 174 Å². The van der Waals surface area contributed by atoms with E-state index in [4.69, 9.17) is 9.15 Å². The van der Waals surface area contributed by atoms with Crippen LogP contribution in [0.25, 0.3) is 11.5 Å². The molecule has 0 bridgehead atoms. The van der Waals surface area contributed by atoms with Crippen LogP contribution in [-0.2, 0) is 0 Å². The van der Waals surface area contributed by atoms with Crippen molar-refractivity contribution in [2.24, 2.45) is 0 Å². The number of para-hydroxylation sites is 1. The van der Waals surface area contributed by atoms with Gasteiger partial charge in [0, 0.05) is 11.3 Å². The minimum atomic E-state index is -0.164. The first-order chi connectivity index (χ1) is 14.6. The molecule has 1 aromatic heterocycles. The number of aryl methyl sites for hydroxylation is 1. The highest BCUT2D eigenvalue weighted by Crippen LogP contribution is 2.27. The standard InChI is InChI=1S/C24H20N4O2/c1-16-7-9-18(10-8-16)24-28-27-23(30-24)17(2)26-20-11-13-21(14-12-20)29-22-6-4-3-5-19(22)15-25/h3-14,17,26H,1-2H3. The van der Waals surface area contributed by atoms with Gasteiger partial charge in [0.15, 0.2) is 0 Å². The molecule has 0 saturated heterocycles. The van der Waals surface area contributed by atoms with E-state index in [0.29, 0.717) is 28.8 Å². The molecule has 4 rings (SSSR count). The second kappa shape index (κ2) is 8.50. The van der Waals surface area contributed by atoms with Crippen LogP contribution in [0.1, 0.15) is 30.0 Å². The summed E-state index contributed by atoms with van der Waals surface area (Å²) in [5.74, 6) is 2.19. The Morgan fingerprint density at radius 1 is 0.967 bits per heavy atom. The van der Waals surface area contributed by atoms with Crippen molar-refractivity contribution in [3.05, 3.63) is 89.8 Å². The van der Waals surface area contributed by atoms with Crippen molar-refractivity contribution in [2.45, 2.75) is 19.9 Å². The van der Waals surface area contributed by atoms with Gasteiger partial charge in [0.1, 0.15) is 23.6 Å². The lowest BCUT2D eigenvalue weighted by Gasteiger charge is -2.12. The molecule has 6 nitrogen and oxygen atoms in total. The fourth-order valence-corrected chi connectivity index (χ4v) is 2.93. The highest BCUT2D eigenvalue weighted by molar-refractivity contribution is 5.53. The molecule has 6 heteroatoms. The van der Waals surface area contributed by atoms with Gasteiger partial charge in [0.2, 0.25) is 11.8 Å². The Morgan fingerprint density at radius 2 is 1.70 bits per heavy atom. The fourth-order valence-electron chi connectivity index (χ4n) is 2.93. The largest absolute Gasteiger partial charge is 0.456 e. The number of nitrogens with zero attached hydrogens (tertiary/aromatic N) is 3. The zero-order valence-corrected chi connectivity index (χ0v) is 16.7. The van der Waals surface area contributed by atoms with Gasteiger partial charge in [-0.2, -0.15) is 5.26 Å². The van der Waals surface area contributed by atoms with Crippen LogP contribution in [0, 0.1) is 18.3 Å². The monoisotopic (exact) mass is 396 g/mol. The molecular weight excluding hydrogens is 376 g/mol. The first-order valence-electron chi connectivity index (χ1n) is 9.56. The summed E-state index contributed by atoms with van der Waals surface area (Å²) in [7, 11) is 0. The van der Waals surface area contributed by atoms with E-state index in [-0.39, 0.29) is 6.04 Å². The smallest absolute Gasteiger partial charge is 0.247 e. The Morgan fingerprint density at radius 3 is 2.43 bits per heavy atom. The highest BCUT2D eigenvalue weighted by Gasteiger charge is 2.15. The Hall–Kier alpha value is -4.11. The van der Waals surface area contributed by atoms with Gasteiger partial charge in [-0.3, -0.25) is 0 Å². The van der Waals surface area contributed by atoms with Gasteiger partial charge >= 0.3 is 0 Å². The molecule has 1 heterocycles. The van der Waals surface area contributed by atoms with Gasteiger partial charge in [0.25, 0.3) is 0 Å². The molecule has 0 aliphatic carbocycles. The number of anilines is 1. The van der Waals surface area contributed by atoms with E-state index < -0.39 is 0 Å². The number of hydrogen-bond acceptors (Lipinski definition) is 6. The molecule has 3 aromatic carbocycles. The minimum absolute atomic E-state index is 0.164. The number of benzene rings is 3. The molecule has 1 atom stereocenters. The Balaban J connectivity index is 1.42. The molecule has 148 valence electrons. The van der Waals surface area contributed by atoms with Gasteiger partial charge in [0.05, 0.1) is 5.56 Å². The van der Waals surface area contributed by atoms with Crippen LogP contribution in [-0.4, -0.2) is 10.2 Å². The molecule has 0 aliphatic heterocycles. The lowest BCUT2D eigenvalue weighted by atomic mass is 10.1. The average molecular weight is 396 g/mol. The van der Waals surface area contributed by atoms with Crippen molar-refractivity contribution in [1.29, 1.82) is 5.26 Å². The maximum Gasteiger partial charge on any atom is 0.247 e. The van der Waals surface area contributed by atoms with Gasteiger partial charge in [-0.25, -0.2) is 0 Å². The predicted molar refractivity (Wildman–Crippen MR) is 114 cm³/mol. The van der Waals surface area contributed by atoms with E-state index in [1.165, 1.54) is 5.56 Å². The summed E-state index contributed by atoms with van der Waals surface area (Å²) in [5.41, 5.74) is 3.45. The normalized spacial score (nSPS) is 11.5. The van der Waals surface area contributed by atoms with Crippen molar-refractivity contribution < 1.29 is 9.15 Å². The summed E-state index contributed by atoms with van der Waals surface area (Å²) >= 11 is 0. The van der Waals surface area contributed by atoms with Gasteiger partial charge in [-0.05, 0) is 62.4 Å². The van der Waals surface area contributed by atoms with E-state index in [0.717, 1.165) is 11.3 Å². The SMILES string of the molecule is Cc1ccc(-c2nnc(C(C)Nc3ccc(Oc4ccccc4C#N)cc3)o2)cc1. The molecule has 4 aromatic rings. The molecular formula is C24H20N4O2. The Kier molecular flexibility index (Phi) is 5.44. The lowest BCUT2D eigenvalue weighted by Crippen LogP contribution is -2.06. The van der Waals surface area contributed by atoms with Crippen molar-refractivity contribution in [1.82, 2.24) is 10.2 Å². The zero-order valence-electron chi connectivity index (χ0n) is 16.7. The van der Waals surface area contributed by atoms with Crippen LogP contribution in [0.5, 0.6) is 11.5 Å². The van der Waals surface area contributed by atoms with Gasteiger partial charge in [-0.15, -0.1) is 10.2 Å². The van der Waals surface area contributed by atoms with E-state index in [1.54, 1.807) is 12.1 Å². The van der Waals surface area contributed by atoms with Crippen LogP contribution in [0.3, 0.4) is 0 Å². The number of hydrogen-bond donors (Lipinski definition) is 1. The number of nitriles is 1. The predicted octanol–water partition coefficient (Wildman–Crippen LogP) is 5.88. The van der Waals surface area contributed by atoms with Gasteiger partial charge in [-0.1, -0.05) is 29.8 Å². The topological polar surface area (TPSA) is 84.0 Å². The third-order valence-corrected chi connectivity index (χ3v) is 4.58. The molecule has 0 spiro atoms. The van der Waals surface area contributed by atoms with E-state index in [2.05, 4.69) is 21.6 Å². The van der Waals surface area contributed by atoms with Crippen LogP contribution >= 0.6 is 0 Å². The fraction of sp³-hybridized carbons (Fsp3) is 0.125. The van der Waals surface area contributed by atoms with Crippen molar-refractivity contribution in [3.63, 3.8) is 0 Å². The third-order valence-electron chi connectivity index (χ3n) is 4.58. The van der Waals surface area contributed by atoms with Crippen LogP contribution in [0.4, 0.5) is 5.69 Å². The molecule has 0 radical (unpaired) electrons. The summed E-state index contributed by atoms with van der Waals surface area (Å²) in [6.45, 7) is 3.99. The lowest BCUT2D eigenvalue weighted by molar-refractivity contribution is 0.480. The summed E-state index contributed by atoms with van der Waals surface area (Å²) < 4.78 is 11.6. The molecule has 0 amide bonds. The van der Waals surface area contributed by atoms with Crippen LogP contribution in [0.2, 0.25) is 0 Å². The summed E-state index contributed by atoms with van der Waals surface area (Å²) in [4.78, 5) is 0. The number of ether oxygens (including phenoxy) is 1. The maximum atomic E-state index is 9.17. The molecule has 0 fully saturated rings. The minimum Gasteiger partial charge on any atom is -0.456 e. The molecule has 0 aliphatic rings. The third kappa shape index (κ3) is 4.31. The van der Waals surface area contributed by atoms with E-state index in [9.17, 15) is 5.26 Å². The molecule has 30 heavy (non-hydrogen) atoms. The second-order valence-corrected chi connectivity index (χ2v) is 6.91. The summed E-state index contributed by atoms with van der Waals surface area (Å²) in [6, 6.07) is 24.5. The van der Waals surface area contributed by atoms with Gasteiger partial charge < -0.3 is 14.5 Å². The van der Waals surface area contributed by atoms with E-state index in [1.807, 2.05) is 74.5 Å². The van der Waals surface area contributed by atoms with Crippen molar-refractivity contribution >= 4 is 5.69 Å². The Bertz CT molecular complexity index is 1180. The molecule has 1 N–H and O–H groups in total.